The number of aryl methyl sites for hydroxylation is 1. The van der Waals surface area contributed by atoms with Crippen molar-refractivity contribution in [1.29, 1.82) is 0 Å². The average Bonchev–Trinajstić information content (AvgIpc) is 3.16. The molecular weight excluding hydrogens is 430 g/mol. The maximum absolute atomic E-state index is 10.6. The lowest BCUT2D eigenvalue weighted by atomic mass is 10.1. The molecule has 0 spiro atoms. The van der Waals surface area contributed by atoms with Gasteiger partial charge in [-0.25, -0.2) is 4.68 Å². The molecule has 7 nitrogen and oxygen atoms in total. The van der Waals surface area contributed by atoms with Crippen LogP contribution in [0, 0.1) is 6.92 Å². The van der Waals surface area contributed by atoms with Gasteiger partial charge in [-0.3, -0.25) is 4.90 Å². The van der Waals surface area contributed by atoms with E-state index in [0.29, 0.717) is 37.9 Å². The van der Waals surface area contributed by atoms with Gasteiger partial charge >= 0.3 is 0 Å². The second kappa shape index (κ2) is 13.1. The van der Waals surface area contributed by atoms with Crippen molar-refractivity contribution in [3.05, 3.63) is 65.9 Å². The van der Waals surface area contributed by atoms with Crippen LogP contribution in [-0.2, 0) is 11.3 Å². The summed E-state index contributed by atoms with van der Waals surface area (Å²) in [6, 6.07) is 17.5. The lowest BCUT2D eigenvalue weighted by molar-refractivity contribution is 0.0786. The number of aliphatic hydroxyl groups is 1. The normalized spacial score (nSPS) is 12.2. The van der Waals surface area contributed by atoms with Crippen LogP contribution in [0.2, 0.25) is 0 Å². The van der Waals surface area contributed by atoms with Crippen LogP contribution < -0.4 is 9.47 Å². The molecule has 7 heteroatoms. The molecule has 0 aliphatic heterocycles. The topological polar surface area (TPSA) is 69.0 Å². The third kappa shape index (κ3) is 7.06. The maximum atomic E-state index is 10.6. The van der Waals surface area contributed by atoms with E-state index in [9.17, 15) is 5.11 Å². The molecule has 0 radical (unpaired) electrons. The molecule has 1 atom stereocenters. The highest BCUT2D eigenvalue weighted by Crippen LogP contribution is 2.32. The molecule has 0 aliphatic carbocycles. The minimum absolute atomic E-state index is 0.382. The van der Waals surface area contributed by atoms with Crippen molar-refractivity contribution in [3.8, 4) is 23.1 Å². The number of para-hydroxylation sites is 1. The summed E-state index contributed by atoms with van der Waals surface area (Å²) in [5.74, 6) is 2.14. The van der Waals surface area contributed by atoms with E-state index in [4.69, 9.17) is 19.3 Å². The van der Waals surface area contributed by atoms with Gasteiger partial charge in [-0.2, -0.15) is 5.10 Å². The molecule has 1 heterocycles. The van der Waals surface area contributed by atoms with E-state index in [-0.39, 0.29) is 6.10 Å². The first-order chi connectivity index (χ1) is 16.5. The summed E-state index contributed by atoms with van der Waals surface area (Å²) in [5.41, 5.74) is 2.79. The summed E-state index contributed by atoms with van der Waals surface area (Å²) in [5, 5.41) is 15.4. The number of aliphatic hydroxyl groups excluding tert-OH is 1. The standard InChI is InChI=1S/C27H37N3O4/c1-5-6-12-23(31)19-29(17-18-32-3)20-26-21(2)28-30(22-10-8-7-9-11-22)27(26)34-25-15-13-24(33-4)14-16-25/h7-11,13-16,23,31H,5-6,12,17-20H2,1-4H3/t23-/m0/s1. The molecule has 3 rings (SSSR count). The van der Waals surface area contributed by atoms with Gasteiger partial charge in [-0.15, -0.1) is 0 Å². The summed E-state index contributed by atoms with van der Waals surface area (Å²) in [4.78, 5) is 2.21. The van der Waals surface area contributed by atoms with Crippen LogP contribution in [0.25, 0.3) is 5.69 Å². The van der Waals surface area contributed by atoms with E-state index < -0.39 is 0 Å². The maximum Gasteiger partial charge on any atom is 0.227 e. The van der Waals surface area contributed by atoms with Crippen LogP contribution >= 0.6 is 0 Å². The van der Waals surface area contributed by atoms with Gasteiger partial charge in [0.1, 0.15) is 11.5 Å². The number of methoxy groups -OCH3 is 2. The Morgan fingerprint density at radius 1 is 1.03 bits per heavy atom. The number of ether oxygens (including phenoxy) is 3. The number of hydrogen-bond acceptors (Lipinski definition) is 6. The number of hydrogen-bond donors (Lipinski definition) is 1. The van der Waals surface area contributed by atoms with Crippen LogP contribution in [-0.4, -0.2) is 59.8 Å². The average molecular weight is 468 g/mol. The molecule has 2 aromatic carbocycles. The zero-order valence-electron chi connectivity index (χ0n) is 20.7. The van der Waals surface area contributed by atoms with Crippen LogP contribution in [0.15, 0.2) is 54.6 Å². The number of aromatic nitrogens is 2. The molecular formula is C27H37N3O4. The number of nitrogens with zero attached hydrogens (tertiary/aromatic N) is 3. The molecule has 1 N–H and O–H groups in total. The van der Waals surface area contributed by atoms with Gasteiger partial charge in [0.2, 0.25) is 5.88 Å². The van der Waals surface area contributed by atoms with Gasteiger partial charge in [-0.05, 0) is 49.7 Å². The van der Waals surface area contributed by atoms with Crippen LogP contribution in [0.4, 0.5) is 0 Å². The van der Waals surface area contributed by atoms with E-state index in [1.54, 1.807) is 14.2 Å². The molecule has 0 fully saturated rings. The third-order valence-electron chi connectivity index (χ3n) is 5.77. The fourth-order valence-corrected chi connectivity index (χ4v) is 3.83. The quantitative estimate of drug-likeness (QED) is 0.361. The van der Waals surface area contributed by atoms with Crippen LogP contribution in [0.3, 0.4) is 0 Å². The monoisotopic (exact) mass is 467 g/mol. The molecule has 1 aromatic heterocycles. The van der Waals surface area contributed by atoms with Gasteiger partial charge in [0.05, 0.1) is 36.8 Å². The molecule has 0 unspecified atom stereocenters. The minimum atomic E-state index is -0.382. The summed E-state index contributed by atoms with van der Waals surface area (Å²) < 4.78 is 18.9. The fourth-order valence-electron chi connectivity index (χ4n) is 3.83. The highest BCUT2D eigenvalue weighted by atomic mass is 16.5. The van der Waals surface area contributed by atoms with Gasteiger partial charge in [0.25, 0.3) is 0 Å². The van der Waals surface area contributed by atoms with Crippen LogP contribution in [0.1, 0.15) is 37.4 Å². The first kappa shape index (κ1) is 25.7. The first-order valence-corrected chi connectivity index (χ1v) is 11.9. The first-order valence-electron chi connectivity index (χ1n) is 11.9. The second-order valence-electron chi connectivity index (χ2n) is 8.42. The highest BCUT2D eigenvalue weighted by Gasteiger charge is 2.22. The zero-order valence-corrected chi connectivity index (χ0v) is 20.7. The third-order valence-corrected chi connectivity index (χ3v) is 5.77. The van der Waals surface area contributed by atoms with Crippen molar-refractivity contribution in [2.75, 3.05) is 33.9 Å². The molecule has 34 heavy (non-hydrogen) atoms. The SMILES string of the molecule is CCCC[C@H](O)CN(CCOC)Cc1c(C)nn(-c2ccccc2)c1Oc1ccc(OC)cc1. The molecule has 0 bridgehead atoms. The smallest absolute Gasteiger partial charge is 0.227 e. The van der Waals surface area contributed by atoms with Crippen molar-refractivity contribution in [1.82, 2.24) is 14.7 Å². The van der Waals surface area contributed by atoms with Crippen molar-refractivity contribution < 1.29 is 19.3 Å². The summed E-state index contributed by atoms with van der Waals surface area (Å²) >= 11 is 0. The van der Waals surface area contributed by atoms with Gasteiger partial charge in [0, 0.05) is 26.7 Å². The molecule has 0 saturated carbocycles. The Morgan fingerprint density at radius 3 is 2.38 bits per heavy atom. The predicted octanol–water partition coefficient (Wildman–Crippen LogP) is 4.98. The molecule has 184 valence electrons. The van der Waals surface area contributed by atoms with Crippen molar-refractivity contribution in [3.63, 3.8) is 0 Å². The fraction of sp³-hybridized carbons (Fsp3) is 0.444. The summed E-state index contributed by atoms with van der Waals surface area (Å²) in [6.07, 6.45) is 2.48. The molecule has 3 aromatic rings. The Balaban J connectivity index is 1.94. The molecule has 0 amide bonds. The second-order valence-corrected chi connectivity index (χ2v) is 8.42. The minimum Gasteiger partial charge on any atom is -0.497 e. The number of benzene rings is 2. The van der Waals surface area contributed by atoms with Crippen LogP contribution in [0.5, 0.6) is 17.4 Å². The van der Waals surface area contributed by atoms with E-state index >= 15 is 0 Å². The Morgan fingerprint density at radius 2 is 1.74 bits per heavy atom. The molecule has 0 saturated heterocycles. The Kier molecular flexibility index (Phi) is 9.94. The Hall–Kier alpha value is -2.87. The summed E-state index contributed by atoms with van der Waals surface area (Å²) in [7, 11) is 3.34. The number of rotatable bonds is 14. The lowest BCUT2D eigenvalue weighted by Crippen LogP contribution is -2.34. The van der Waals surface area contributed by atoms with Gasteiger partial charge < -0.3 is 19.3 Å². The largest absolute Gasteiger partial charge is 0.497 e. The number of unbranched alkanes of at least 4 members (excludes halogenated alkanes) is 1. The van der Waals surface area contributed by atoms with E-state index in [2.05, 4.69) is 11.8 Å². The molecule has 0 aliphatic rings. The summed E-state index contributed by atoms with van der Waals surface area (Å²) in [6.45, 7) is 6.59. The lowest BCUT2D eigenvalue weighted by Gasteiger charge is -2.25. The zero-order chi connectivity index (χ0) is 24.3. The Bertz CT molecular complexity index is 989. The van der Waals surface area contributed by atoms with Crippen molar-refractivity contribution in [2.24, 2.45) is 0 Å². The van der Waals surface area contributed by atoms with Crippen molar-refractivity contribution >= 4 is 0 Å². The van der Waals surface area contributed by atoms with E-state index in [1.165, 1.54) is 0 Å². The predicted molar refractivity (Wildman–Crippen MR) is 134 cm³/mol. The Labute approximate surface area is 202 Å². The van der Waals surface area contributed by atoms with E-state index in [1.807, 2.05) is 66.2 Å². The van der Waals surface area contributed by atoms with Gasteiger partial charge in [-0.1, -0.05) is 38.0 Å². The van der Waals surface area contributed by atoms with E-state index in [0.717, 1.165) is 42.0 Å². The van der Waals surface area contributed by atoms with Crippen molar-refractivity contribution in [2.45, 2.75) is 45.8 Å². The van der Waals surface area contributed by atoms with Gasteiger partial charge in [0.15, 0.2) is 0 Å². The highest BCUT2D eigenvalue weighted by molar-refractivity contribution is 5.44.